The number of pyridine rings is 3. The number of nitrogens with zero attached hydrogens (tertiary/aromatic N) is 5. The molecule has 0 aliphatic rings. The van der Waals surface area contributed by atoms with Crippen LogP contribution in [-0.2, 0) is 0 Å². The second-order valence-electron chi connectivity index (χ2n) is 7.91. The van der Waals surface area contributed by atoms with E-state index in [2.05, 4.69) is 30.9 Å². The van der Waals surface area contributed by atoms with Crippen molar-refractivity contribution in [2.24, 2.45) is 0 Å². The maximum atomic E-state index is 11.1. The van der Waals surface area contributed by atoms with Crippen LogP contribution in [0.5, 0.6) is 0 Å². The molecule has 1 aromatic carbocycles. The number of hydrogen-bond donors (Lipinski definition) is 5. The third-order valence-electron chi connectivity index (χ3n) is 5.28. The maximum absolute atomic E-state index is 11.1. The molecule has 39 heavy (non-hydrogen) atoms. The summed E-state index contributed by atoms with van der Waals surface area (Å²) in [5.74, 6) is 0.744. The van der Waals surface area contributed by atoms with Crippen LogP contribution in [0, 0.1) is 20.2 Å². The van der Waals surface area contributed by atoms with E-state index in [1.807, 2.05) is 0 Å². The first-order valence-corrected chi connectivity index (χ1v) is 11.9. The highest BCUT2D eigenvalue weighted by atomic mass is 35.5. The van der Waals surface area contributed by atoms with Gasteiger partial charge in [0.2, 0.25) is 11.6 Å². The molecule has 0 aliphatic heterocycles. The summed E-state index contributed by atoms with van der Waals surface area (Å²) in [5, 5.41) is 32.0. The molecule has 0 bridgehead atoms. The second kappa shape index (κ2) is 11.6. The minimum absolute atomic E-state index is 0.184. The number of anilines is 6. The highest BCUT2D eigenvalue weighted by Gasteiger charge is 2.17. The minimum Gasteiger partial charge on any atom is -0.378 e. The lowest BCUT2D eigenvalue weighted by molar-refractivity contribution is -0.384. The fourth-order valence-corrected chi connectivity index (χ4v) is 3.97. The standard InChI is InChI=1S/C23H20Cl2N10O4/c24-12-1-2-13(14(25)11-12)21-15(30-20-8-5-17(35(38)39)23(27)33-20)3-6-18(31-21)28-9-10-29-19-7-4-16(34(36)37)22(26)32-19/h1-8,11H,9-10H2,(H,28,31)(H3,26,29,32)(H3,27,30,33). The van der Waals surface area contributed by atoms with Gasteiger partial charge in [-0.25, -0.2) is 15.0 Å². The fourth-order valence-electron chi connectivity index (χ4n) is 3.48. The molecule has 4 aromatic rings. The molecule has 0 saturated carbocycles. The van der Waals surface area contributed by atoms with Gasteiger partial charge < -0.3 is 27.4 Å². The van der Waals surface area contributed by atoms with Crippen molar-refractivity contribution in [3.05, 3.63) is 84.9 Å². The lowest BCUT2D eigenvalue weighted by Gasteiger charge is -2.15. The number of halogens is 2. The summed E-state index contributed by atoms with van der Waals surface area (Å²) < 4.78 is 0. The van der Waals surface area contributed by atoms with Crippen molar-refractivity contribution in [3.8, 4) is 11.3 Å². The molecule has 0 aliphatic carbocycles. The van der Waals surface area contributed by atoms with Crippen LogP contribution in [0.2, 0.25) is 10.0 Å². The van der Waals surface area contributed by atoms with Crippen molar-refractivity contribution in [1.29, 1.82) is 0 Å². The number of hydrogen-bond acceptors (Lipinski definition) is 12. The van der Waals surface area contributed by atoms with Gasteiger partial charge in [0.25, 0.3) is 0 Å². The molecule has 0 saturated heterocycles. The molecular formula is C23H20Cl2N10O4. The van der Waals surface area contributed by atoms with E-state index >= 15 is 0 Å². The Bertz CT molecular complexity index is 1570. The Hall–Kier alpha value is -4.95. The Kier molecular flexibility index (Phi) is 8.07. The molecule has 0 unspecified atom stereocenters. The number of aromatic nitrogens is 3. The van der Waals surface area contributed by atoms with Crippen LogP contribution in [0.3, 0.4) is 0 Å². The van der Waals surface area contributed by atoms with Crippen molar-refractivity contribution in [2.45, 2.75) is 0 Å². The number of nitro groups is 2. The van der Waals surface area contributed by atoms with Crippen LogP contribution in [0.4, 0.5) is 46.2 Å². The van der Waals surface area contributed by atoms with Gasteiger partial charge in [0, 0.05) is 35.8 Å². The van der Waals surface area contributed by atoms with Crippen LogP contribution in [0.1, 0.15) is 0 Å². The Labute approximate surface area is 230 Å². The van der Waals surface area contributed by atoms with Crippen molar-refractivity contribution < 1.29 is 9.85 Å². The number of nitrogens with two attached hydrogens (primary N) is 2. The maximum Gasteiger partial charge on any atom is 0.311 e. The first-order valence-electron chi connectivity index (χ1n) is 11.2. The van der Waals surface area contributed by atoms with Gasteiger partial charge in [0.15, 0.2) is 0 Å². The molecule has 4 rings (SSSR count). The average molecular weight is 571 g/mol. The van der Waals surface area contributed by atoms with Gasteiger partial charge in [0.05, 0.1) is 26.3 Å². The third-order valence-corrected chi connectivity index (χ3v) is 5.83. The molecular weight excluding hydrogens is 551 g/mol. The predicted molar refractivity (Wildman–Crippen MR) is 151 cm³/mol. The van der Waals surface area contributed by atoms with Crippen LogP contribution in [0.15, 0.2) is 54.6 Å². The highest BCUT2D eigenvalue weighted by Crippen LogP contribution is 2.36. The van der Waals surface area contributed by atoms with E-state index in [9.17, 15) is 20.2 Å². The Morgan fingerprint density at radius 2 is 1.28 bits per heavy atom. The van der Waals surface area contributed by atoms with E-state index in [1.54, 1.807) is 30.3 Å². The van der Waals surface area contributed by atoms with Gasteiger partial charge in [-0.3, -0.25) is 20.2 Å². The summed E-state index contributed by atoms with van der Waals surface area (Å²) in [5.41, 5.74) is 12.3. The van der Waals surface area contributed by atoms with Crippen molar-refractivity contribution in [1.82, 2.24) is 15.0 Å². The van der Waals surface area contributed by atoms with Gasteiger partial charge in [-0.2, -0.15) is 0 Å². The zero-order valence-corrected chi connectivity index (χ0v) is 21.4. The quantitative estimate of drug-likeness (QED) is 0.0956. The highest BCUT2D eigenvalue weighted by molar-refractivity contribution is 6.36. The molecule has 14 nitrogen and oxygen atoms in total. The summed E-state index contributed by atoms with van der Waals surface area (Å²) >= 11 is 12.5. The Morgan fingerprint density at radius 1 is 0.744 bits per heavy atom. The molecule has 0 radical (unpaired) electrons. The van der Waals surface area contributed by atoms with Gasteiger partial charge in [-0.15, -0.1) is 0 Å². The van der Waals surface area contributed by atoms with Crippen LogP contribution in [0.25, 0.3) is 11.3 Å². The lowest BCUT2D eigenvalue weighted by atomic mass is 10.1. The summed E-state index contributed by atoms with van der Waals surface area (Å²) in [6.07, 6.45) is 0. The fraction of sp³-hybridized carbons (Fsp3) is 0.0870. The number of benzene rings is 1. The summed E-state index contributed by atoms with van der Waals surface area (Å²) in [4.78, 5) is 33.5. The minimum atomic E-state index is -0.617. The van der Waals surface area contributed by atoms with E-state index in [1.165, 1.54) is 24.3 Å². The van der Waals surface area contributed by atoms with Crippen LogP contribution >= 0.6 is 23.2 Å². The number of nitrogen functional groups attached to an aromatic ring is 2. The van der Waals surface area contributed by atoms with Gasteiger partial charge in [-0.1, -0.05) is 23.2 Å². The normalized spacial score (nSPS) is 10.6. The van der Waals surface area contributed by atoms with Crippen LogP contribution in [-0.4, -0.2) is 37.9 Å². The van der Waals surface area contributed by atoms with E-state index in [0.717, 1.165) is 0 Å². The molecule has 0 amide bonds. The third kappa shape index (κ3) is 6.49. The first kappa shape index (κ1) is 27.1. The van der Waals surface area contributed by atoms with Crippen molar-refractivity contribution in [3.63, 3.8) is 0 Å². The summed E-state index contributed by atoms with van der Waals surface area (Å²) in [6.45, 7) is 0.807. The van der Waals surface area contributed by atoms with Gasteiger partial charge in [0.1, 0.15) is 17.5 Å². The van der Waals surface area contributed by atoms with Gasteiger partial charge in [-0.05, 0) is 42.5 Å². The molecule has 16 heteroatoms. The molecule has 7 N–H and O–H groups in total. The zero-order chi connectivity index (χ0) is 28.1. The van der Waals surface area contributed by atoms with E-state index < -0.39 is 9.85 Å². The van der Waals surface area contributed by atoms with Crippen molar-refractivity contribution >= 4 is 69.4 Å². The molecule has 3 heterocycles. The Balaban J connectivity index is 1.53. The number of rotatable bonds is 10. The largest absolute Gasteiger partial charge is 0.378 e. The van der Waals surface area contributed by atoms with Crippen molar-refractivity contribution in [2.75, 3.05) is 40.5 Å². The lowest BCUT2D eigenvalue weighted by Crippen LogP contribution is -2.15. The first-order chi connectivity index (χ1) is 18.6. The smallest absolute Gasteiger partial charge is 0.311 e. The zero-order valence-electron chi connectivity index (χ0n) is 19.9. The summed E-state index contributed by atoms with van der Waals surface area (Å²) in [6, 6.07) is 13.8. The van der Waals surface area contributed by atoms with Gasteiger partial charge >= 0.3 is 11.4 Å². The molecule has 0 spiro atoms. The SMILES string of the molecule is Nc1nc(NCCNc2ccc(Nc3ccc([N+](=O)[O-])c(N)n3)c(-c3ccc(Cl)cc3Cl)n2)ccc1[N+](=O)[O-]. The average Bonchev–Trinajstić information content (AvgIpc) is 2.87. The van der Waals surface area contributed by atoms with Crippen LogP contribution < -0.4 is 27.4 Å². The monoisotopic (exact) mass is 570 g/mol. The topological polar surface area (TPSA) is 213 Å². The molecule has 0 atom stereocenters. The molecule has 0 fully saturated rings. The predicted octanol–water partition coefficient (Wildman–Crippen LogP) is 5.09. The summed E-state index contributed by atoms with van der Waals surface area (Å²) in [7, 11) is 0. The van der Waals surface area contributed by atoms with E-state index in [4.69, 9.17) is 34.7 Å². The van der Waals surface area contributed by atoms with E-state index in [0.29, 0.717) is 51.7 Å². The molecule has 3 aromatic heterocycles. The van der Waals surface area contributed by atoms with E-state index in [-0.39, 0.29) is 28.8 Å². The number of nitrogens with one attached hydrogen (secondary N) is 3. The Morgan fingerprint density at radius 3 is 1.85 bits per heavy atom. The second-order valence-corrected chi connectivity index (χ2v) is 8.75. The molecule has 200 valence electrons.